The SMILES string of the molecule is COc1ccc(CC(=O)O)cc1N(C(=O)OC(C)(C)C)S(C)(=O)=O. The molecule has 1 rings (SSSR count). The second-order valence-corrected chi connectivity index (χ2v) is 7.92. The van der Waals surface area contributed by atoms with Crippen LogP contribution in [0, 0.1) is 0 Å². The number of ether oxygens (including phenoxy) is 2. The van der Waals surface area contributed by atoms with Gasteiger partial charge in [0.15, 0.2) is 0 Å². The number of carbonyl (C=O) groups is 2. The molecule has 134 valence electrons. The van der Waals surface area contributed by atoms with Gasteiger partial charge in [0.2, 0.25) is 10.0 Å². The van der Waals surface area contributed by atoms with Gasteiger partial charge in [0, 0.05) is 0 Å². The lowest BCUT2D eigenvalue weighted by Crippen LogP contribution is -2.40. The summed E-state index contributed by atoms with van der Waals surface area (Å²) in [6.45, 7) is 4.80. The van der Waals surface area contributed by atoms with Gasteiger partial charge in [0.1, 0.15) is 17.0 Å². The molecule has 1 aromatic carbocycles. The average Bonchev–Trinajstić information content (AvgIpc) is 2.34. The van der Waals surface area contributed by atoms with Gasteiger partial charge >= 0.3 is 12.1 Å². The van der Waals surface area contributed by atoms with E-state index in [0.29, 0.717) is 9.87 Å². The molecule has 0 saturated carbocycles. The van der Waals surface area contributed by atoms with Crippen LogP contribution >= 0.6 is 0 Å². The molecule has 0 aliphatic rings. The molecule has 0 aliphatic heterocycles. The van der Waals surface area contributed by atoms with Crippen molar-refractivity contribution in [2.45, 2.75) is 32.8 Å². The van der Waals surface area contributed by atoms with Gasteiger partial charge in [-0.1, -0.05) is 6.07 Å². The first-order valence-corrected chi connectivity index (χ1v) is 8.82. The summed E-state index contributed by atoms with van der Waals surface area (Å²) in [5, 5.41) is 8.89. The highest BCUT2D eigenvalue weighted by atomic mass is 32.2. The highest BCUT2D eigenvalue weighted by Crippen LogP contribution is 2.32. The van der Waals surface area contributed by atoms with Crippen LogP contribution in [0.3, 0.4) is 0 Å². The molecule has 9 heteroatoms. The van der Waals surface area contributed by atoms with E-state index in [1.165, 1.54) is 25.3 Å². The van der Waals surface area contributed by atoms with Gasteiger partial charge in [-0.15, -0.1) is 0 Å². The van der Waals surface area contributed by atoms with Crippen molar-refractivity contribution in [2.75, 3.05) is 17.7 Å². The van der Waals surface area contributed by atoms with E-state index in [0.717, 1.165) is 6.26 Å². The van der Waals surface area contributed by atoms with Crippen LogP contribution in [0.4, 0.5) is 10.5 Å². The third-order valence-electron chi connectivity index (χ3n) is 2.71. The van der Waals surface area contributed by atoms with Gasteiger partial charge in [0.05, 0.1) is 19.8 Å². The molecule has 0 aliphatic carbocycles. The number of amides is 1. The first kappa shape index (κ1) is 19.8. The number of aliphatic carboxylic acids is 1. The van der Waals surface area contributed by atoms with Crippen molar-refractivity contribution in [1.29, 1.82) is 0 Å². The van der Waals surface area contributed by atoms with Crippen LogP contribution in [0.5, 0.6) is 5.75 Å². The Labute approximate surface area is 141 Å². The van der Waals surface area contributed by atoms with Crippen LogP contribution in [0.2, 0.25) is 0 Å². The molecule has 1 aromatic rings. The summed E-state index contributed by atoms with van der Waals surface area (Å²) in [6.07, 6.45) is -0.584. The fourth-order valence-corrected chi connectivity index (χ4v) is 2.70. The molecule has 8 nitrogen and oxygen atoms in total. The molecule has 24 heavy (non-hydrogen) atoms. The second-order valence-electron chi connectivity index (χ2n) is 6.08. The third-order valence-corrected chi connectivity index (χ3v) is 3.72. The maximum absolute atomic E-state index is 12.4. The molecule has 0 aromatic heterocycles. The van der Waals surface area contributed by atoms with Crippen LogP contribution in [-0.2, 0) is 26.0 Å². The lowest BCUT2D eigenvalue weighted by atomic mass is 10.1. The Bertz CT molecular complexity index is 735. The predicted octanol–water partition coefficient (Wildman–Crippen LogP) is 2.02. The maximum Gasteiger partial charge on any atom is 0.429 e. The standard InChI is InChI=1S/C15H21NO7S/c1-15(2,3)23-14(19)16(24(5,20)21)11-8-10(9-13(17)18)6-7-12(11)22-4/h6-8H,9H2,1-5H3,(H,17,18). The van der Waals surface area contributed by atoms with Crippen molar-refractivity contribution in [3.05, 3.63) is 23.8 Å². The Morgan fingerprint density at radius 2 is 1.83 bits per heavy atom. The van der Waals surface area contributed by atoms with E-state index in [2.05, 4.69) is 0 Å². The molecule has 0 spiro atoms. The number of nitrogens with zero attached hydrogens (tertiary/aromatic N) is 1. The Hall–Kier alpha value is -2.29. The summed E-state index contributed by atoms with van der Waals surface area (Å²) in [5.41, 5.74) is -0.699. The number of hydrogen-bond donors (Lipinski definition) is 1. The number of methoxy groups -OCH3 is 1. The number of anilines is 1. The van der Waals surface area contributed by atoms with E-state index in [-0.39, 0.29) is 17.9 Å². The number of benzene rings is 1. The zero-order valence-electron chi connectivity index (χ0n) is 14.2. The lowest BCUT2D eigenvalue weighted by molar-refractivity contribution is -0.136. The van der Waals surface area contributed by atoms with Crippen molar-refractivity contribution >= 4 is 27.8 Å². The number of sulfonamides is 1. The highest BCUT2D eigenvalue weighted by molar-refractivity contribution is 7.92. The summed E-state index contributed by atoms with van der Waals surface area (Å²) in [5.74, 6) is -0.991. The Balaban J connectivity index is 3.47. The third kappa shape index (κ3) is 5.41. The molecule has 0 unspecified atom stereocenters. The van der Waals surface area contributed by atoms with E-state index in [1.54, 1.807) is 20.8 Å². The fraction of sp³-hybridized carbons (Fsp3) is 0.467. The molecule has 0 bridgehead atoms. The normalized spacial score (nSPS) is 11.7. The number of carboxylic acids is 1. The van der Waals surface area contributed by atoms with Crippen LogP contribution in [0.1, 0.15) is 26.3 Å². The minimum Gasteiger partial charge on any atom is -0.495 e. The largest absolute Gasteiger partial charge is 0.495 e. The molecular weight excluding hydrogens is 338 g/mol. The Morgan fingerprint density at radius 3 is 2.25 bits per heavy atom. The molecule has 0 atom stereocenters. The Morgan fingerprint density at radius 1 is 1.25 bits per heavy atom. The van der Waals surface area contributed by atoms with E-state index in [4.69, 9.17) is 14.6 Å². The van der Waals surface area contributed by atoms with Gasteiger partial charge in [-0.05, 0) is 38.5 Å². The van der Waals surface area contributed by atoms with Crippen molar-refractivity contribution in [3.8, 4) is 5.75 Å². The summed E-state index contributed by atoms with van der Waals surface area (Å²) in [4.78, 5) is 23.2. The van der Waals surface area contributed by atoms with E-state index >= 15 is 0 Å². The van der Waals surface area contributed by atoms with Crippen molar-refractivity contribution in [2.24, 2.45) is 0 Å². The van der Waals surface area contributed by atoms with Gasteiger partial charge in [-0.25, -0.2) is 13.2 Å². The minimum absolute atomic E-state index is 0.0976. The van der Waals surface area contributed by atoms with Crippen molar-refractivity contribution in [3.63, 3.8) is 0 Å². The Kier molecular flexibility index (Phi) is 5.83. The minimum atomic E-state index is -4.04. The molecule has 1 N–H and O–H groups in total. The van der Waals surface area contributed by atoms with Crippen molar-refractivity contribution in [1.82, 2.24) is 0 Å². The summed E-state index contributed by atoms with van der Waals surface area (Å²) in [6, 6.07) is 4.15. The molecular formula is C15H21NO7S. The first-order chi connectivity index (χ1) is 10.8. The monoisotopic (exact) mass is 359 g/mol. The molecule has 0 radical (unpaired) electrons. The number of hydrogen-bond acceptors (Lipinski definition) is 6. The zero-order valence-corrected chi connectivity index (χ0v) is 15.0. The smallest absolute Gasteiger partial charge is 0.429 e. The second kappa shape index (κ2) is 7.08. The fourth-order valence-electron chi connectivity index (χ4n) is 1.89. The molecule has 0 saturated heterocycles. The van der Waals surface area contributed by atoms with E-state index < -0.39 is 27.7 Å². The number of carbonyl (C=O) groups excluding carboxylic acids is 1. The van der Waals surface area contributed by atoms with Gasteiger partial charge in [-0.3, -0.25) is 4.79 Å². The molecule has 0 fully saturated rings. The van der Waals surface area contributed by atoms with Crippen LogP contribution in [-0.4, -0.2) is 44.6 Å². The maximum atomic E-state index is 12.4. The average molecular weight is 359 g/mol. The predicted molar refractivity (Wildman–Crippen MR) is 87.9 cm³/mol. The van der Waals surface area contributed by atoms with Crippen molar-refractivity contribution < 1.29 is 32.6 Å². The van der Waals surface area contributed by atoms with Crippen LogP contribution in [0.25, 0.3) is 0 Å². The number of carboxylic acid groups (broad SMARTS) is 1. The van der Waals surface area contributed by atoms with Gasteiger partial charge in [0.25, 0.3) is 0 Å². The van der Waals surface area contributed by atoms with E-state index in [1.807, 2.05) is 0 Å². The van der Waals surface area contributed by atoms with E-state index in [9.17, 15) is 18.0 Å². The molecule has 1 amide bonds. The lowest BCUT2D eigenvalue weighted by Gasteiger charge is -2.27. The summed E-state index contributed by atoms with van der Waals surface area (Å²) in [7, 11) is -2.73. The quantitative estimate of drug-likeness (QED) is 0.856. The number of rotatable bonds is 5. The molecule has 0 heterocycles. The summed E-state index contributed by atoms with van der Waals surface area (Å²) < 4.78 is 34.9. The summed E-state index contributed by atoms with van der Waals surface area (Å²) >= 11 is 0. The van der Waals surface area contributed by atoms with Gasteiger partial charge < -0.3 is 14.6 Å². The van der Waals surface area contributed by atoms with Crippen LogP contribution < -0.4 is 9.04 Å². The first-order valence-electron chi connectivity index (χ1n) is 6.97. The van der Waals surface area contributed by atoms with Crippen LogP contribution in [0.15, 0.2) is 18.2 Å². The topological polar surface area (TPSA) is 110 Å². The zero-order chi connectivity index (χ0) is 18.7. The highest BCUT2D eigenvalue weighted by Gasteiger charge is 2.32. The van der Waals surface area contributed by atoms with Gasteiger partial charge in [-0.2, -0.15) is 4.31 Å².